The fraction of sp³-hybridized carbons (Fsp3) is 0.444. The SMILES string of the molecule is Cc1ccc(C2NNCC2CNCCc2ccccc2C)o1. The molecule has 1 aromatic heterocycles. The molecule has 1 aliphatic heterocycles. The quantitative estimate of drug-likeness (QED) is 0.717. The second-order valence-electron chi connectivity index (χ2n) is 6.09. The fourth-order valence-corrected chi connectivity index (χ4v) is 3.05. The zero-order valence-corrected chi connectivity index (χ0v) is 13.4. The van der Waals surface area contributed by atoms with Crippen molar-refractivity contribution in [3.63, 3.8) is 0 Å². The van der Waals surface area contributed by atoms with Crippen LogP contribution in [0.4, 0.5) is 0 Å². The number of hydrogen-bond acceptors (Lipinski definition) is 4. The minimum atomic E-state index is 0.250. The molecule has 0 radical (unpaired) electrons. The van der Waals surface area contributed by atoms with Crippen molar-refractivity contribution in [2.45, 2.75) is 26.3 Å². The number of aryl methyl sites for hydroxylation is 2. The average Bonchev–Trinajstić information content (AvgIpc) is 3.14. The minimum Gasteiger partial charge on any atom is -0.465 e. The standard InChI is InChI=1S/C18H25N3O/c1-13-5-3-4-6-15(13)9-10-19-11-16-12-20-21-18(16)17-8-7-14(2)22-17/h3-8,16,18-21H,9-12H2,1-2H3. The Morgan fingerprint density at radius 2 is 2.05 bits per heavy atom. The van der Waals surface area contributed by atoms with Gasteiger partial charge in [0, 0.05) is 19.0 Å². The van der Waals surface area contributed by atoms with Crippen molar-refractivity contribution in [2.75, 3.05) is 19.6 Å². The van der Waals surface area contributed by atoms with Gasteiger partial charge in [0.2, 0.25) is 0 Å². The van der Waals surface area contributed by atoms with E-state index in [-0.39, 0.29) is 6.04 Å². The summed E-state index contributed by atoms with van der Waals surface area (Å²) in [5.41, 5.74) is 9.37. The largest absolute Gasteiger partial charge is 0.465 e. The van der Waals surface area contributed by atoms with E-state index in [1.54, 1.807) is 0 Å². The monoisotopic (exact) mass is 299 g/mol. The van der Waals surface area contributed by atoms with Gasteiger partial charge in [0.25, 0.3) is 0 Å². The molecule has 0 aliphatic carbocycles. The van der Waals surface area contributed by atoms with Gasteiger partial charge in [0.1, 0.15) is 11.5 Å². The normalized spacial score (nSPS) is 21.4. The third kappa shape index (κ3) is 3.58. The number of furan rings is 1. The molecule has 1 aliphatic rings. The summed E-state index contributed by atoms with van der Waals surface area (Å²) in [6.45, 7) is 7.11. The molecule has 2 heterocycles. The summed E-state index contributed by atoms with van der Waals surface area (Å²) in [4.78, 5) is 0. The van der Waals surface area contributed by atoms with E-state index < -0.39 is 0 Å². The highest BCUT2D eigenvalue weighted by atomic mass is 16.3. The van der Waals surface area contributed by atoms with E-state index in [9.17, 15) is 0 Å². The van der Waals surface area contributed by atoms with Crippen molar-refractivity contribution in [2.24, 2.45) is 5.92 Å². The highest BCUT2D eigenvalue weighted by Crippen LogP contribution is 2.25. The van der Waals surface area contributed by atoms with Crippen LogP contribution in [0.3, 0.4) is 0 Å². The maximum absolute atomic E-state index is 5.76. The summed E-state index contributed by atoms with van der Waals surface area (Å²) in [6.07, 6.45) is 1.07. The predicted molar refractivity (Wildman–Crippen MR) is 88.6 cm³/mol. The van der Waals surface area contributed by atoms with Crippen LogP contribution in [-0.2, 0) is 6.42 Å². The van der Waals surface area contributed by atoms with Gasteiger partial charge in [-0.05, 0) is 50.1 Å². The van der Waals surface area contributed by atoms with E-state index in [1.807, 2.05) is 13.0 Å². The van der Waals surface area contributed by atoms with E-state index in [0.29, 0.717) is 5.92 Å². The second kappa shape index (κ2) is 7.09. The first-order valence-corrected chi connectivity index (χ1v) is 8.04. The van der Waals surface area contributed by atoms with Crippen molar-refractivity contribution in [1.29, 1.82) is 0 Å². The Hall–Kier alpha value is -1.62. The Morgan fingerprint density at radius 1 is 1.18 bits per heavy atom. The lowest BCUT2D eigenvalue weighted by atomic mass is 9.99. The molecule has 22 heavy (non-hydrogen) atoms. The molecule has 4 nitrogen and oxygen atoms in total. The summed E-state index contributed by atoms with van der Waals surface area (Å²) < 4.78 is 5.76. The molecule has 3 N–H and O–H groups in total. The van der Waals surface area contributed by atoms with Gasteiger partial charge in [-0.2, -0.15) is 0 Å². The summed E-state index contributed by atoms with van der Waals surface area (Å²) >= 11 is 0. The maximum atomic E-state index is 5.76. The van der Waals surface area contributed by atoms with Gasteiger partial charge in [-0.1, -0.05) is 24.3 Å². The Labute approximate surface area is 132 Å². The van der Waals surface area contributed by atoms with E-state index in [1.165, 1.54) is 11.1 Å². The molecule has 2 unspecified atom stereocenters. The predicted octanol–water partition coefficient (Wildman–Crippen LogP) is 2.49. The van der Waals surface area contributed by atoms with Crippen molar-refractivity contribution in [1.82, 2.24) is 16.2 Å². The Balaban J connectivity index is 1.48. The van der Waals surface area contributed by atoms with Gasteiger partial charge >= 0.3 is 0 Å². The topological polar surface area (TPSA) is 49.2 Å². The summed E-state index contributed by atoms with van der Waals surface area (Å²) in [6, 6.07) is 12.9. The Bertz CT molecular complexity index is 608. The third-order valence-electron chi connectivity index (χ3n) is 4.40. The minimum absolute atomic E-state index is 0.250. The van der Waals surface area contributed by atoms with Gasteiger partial charge in [-0.15, -0.1) is 0 Å². The summed E-state index contributed by atoms with van der Waals surface area (Å²) in [5.74, 6) is 2.49. The molecule has 0 bridgehead atoms. The zero-order chi connectivity index (χ0) is 15.4. The number of hydrazine groups is 1. The molecule has 2 atom stereocenters. The first-order chi connectivity index (χ1) is 10.7. The third-order valence-corrected chi connectivity index (χ3v) is 4.40. The lowest BCUT2D eigenvalue weighted by molar-refractivity contribution is 0.361. The van der Waals surface area contributed by atoms with Gasteiger partial charge in [-0.25, -0.2) is 5.43 Å². The molecule has 4 heteroatoms. The number of nitrogens with one attached hydrogen (secondary N) is 3. The highest BCUT2D eigenvalue weighted by Gasteiger charge is 2.29. The number of benzene rings is 1. The van der Waals surface area contributed by atoms with Crippen molar-refractivity contribution >= 4 is 0 Å². The lowest BCUT2D eigenvalue weighted by Gasteiger charge is -2.17. The smallest absolute Gasteiger partial charge is 0.122 e. The van der Waals surface area contributed by atoms with Crippen LogP contribution in [0.2, 0.25) is 0 Å². The fourth-order valence-electron chi connectivity index (χ4n) is 3.05. The van der Waals surface area contributed by atoms with Crippen molar-refractivity contribution < 1.29 is 4.42 Å². The molecule has 0 spiro atoms. The molecule has 0 amide bonds. The summed E-state index contributed by atoms with van der Waals surface area (Å²) in [7, 11) is 0. The van der Waals surface area contributed by atoms with Crippen LogP contribution in [0, 0.1) is 19.8 Å². The van der Waals surface area contributed by atoms with Gasteiger partial charge in [-0.3, -0.25) is 5.43 Å². The average molecular weight is 299 g/mol. The van der Waals surface area contributed by atoms with Crippen LogP contribution in [0.5, 0.6) is 0 Å². The molecule has 2 aromatic rings. The Kier molecular flexibility index (Phi) is 4.93. The molecule has 0 saturated carbocycles. The van der Waals surface area contributed by atoms with Gasteiger partial charge < -0.3 is 9.73 Å². The van der Waals surface area contributed by atoms with Crippen molar-refractivity contribution in [3.05, 3.63) is 59.0 Å². The molecular weight excluding hydrogens is 274 g/mol. The van der Waals surface area contributed by atoms with Crippen molar-refractivity contribution in [3.8, 4) is 0 Å². The van der Waals surface area contributed by atoms with Crippen LogP contribution in [0.25, 0.3) is 0 Å². The van der Waals surface area contributed by atoms with E-state index in [0.717, 1.165) is 37.6 Å². The van der Waals surface area contributed by atoms with Gasteiger partial charge in [0.15, 0.2) is 0 Å². The molecule has 1 saturated heterocycles. The molecule has 1 fully saturated rings. The van der Waals surface area contributed by atoms with Crippen LogP contribution in [0.15, 0.2) is 40.8 Å². The molecule has 3 rings (SSSR count). The van der Waals surface area contributed by atoms with Crippen LogP contribution >= 0.6 is 0 Å². The first-order valence-electron chi connectivity index (χ1n) is 8.04. The number of hydrogen-bond donors (Lipinski definition) is 3. The van der Waals surface area contributed by atoms with Crippen LogP contribution < -0.4 is 16.2 Å². The van der Waals surface area contributed by atoms with E-state index in [4.69, 9.17) is 4.42 Å². The maximum Gasteiger partial charge on any atom is 0.122 e. The van der Waals surface area contributed by atoms with E-state index in [2.05, 4.69) is 53.4 Å². The molecular formula is C18H25N3O. The zero-order valence-electron chi connectivity index (χ0n) is 13.4. The van der Waals surface area contributed by atoms with Crippen LogP contribution in [0.1, 0.15) is 28.7 Å². The lowest BCUT2D eigenvalue weighted by Crippen LogP contribution is -2.29. The highest BCUT2D eigenvalue weighted by molar-refractivity contribution is 5.25. The number of rotatable bonds is 6. The van der Waals surface area contributed by atoms with E-state index >= 15 is 0 Å². The summed E-state index contributed by atoms with van der Waals surface area (Å²) in [5, 5.41) is 3.59. The first kappa shape index (κ1) is 15.3. The molecule has 1 aromatic carbocycles. The van der Waals surface area contributed by atoms with Gasteiger partial charge in [0.05, 0.1) is 6.04 Å². The van der Waals surface area contributed by atoms with Crippen LogP contribution in [-0.4, -0.2) is 19.6 Å². The Morgan fingerprint density at radius 3 is 2.82 bits per heavy atom. The second-order valence-corrected chi connectivity index (χ2v) is 6.09. The molecule has 118 valence electrons.